The predicted molar refractivity (Wildman–Crippen MR) is 79.1 cm³/mol. The molecule has 0 aliphatic rings. The molecule has 0 bridgehead atoms. The summed E-state index contributed by atoms with van der Waals surface area (Å²) in [7, 11) is 1.85. The second-order valence-corrected chi connectivity index (χ2v) is 5.71. The lowest BCUT2D eigenvalue weighted by molar-refractivity contribution is -0.137. The van der Waals surface area contributed by atoms with Gasteiger partial charge in [0.05, 0.1) is 5.56 Å². The average Bonchev–Trinajstić information content (AvgIpc) is 2.86. The predicted octanol–water partition coefficient (Wildman–Crippen LogP) is 4.88. The van der Waals surface area contributed by atoms with E-state index in [0.29, 0.717) is 22.2 Å². The van der Waals surface area contributed by atoms with Crippen LogP contribution in [0.25, 0.3) is 11.3 Å². The zero-order chi connectivity index (χ0) is 15.6. The van der Waals surface area contributed by atoms with Gasteiger partial charge in [-0.2, -0.15) is 13.2 Å². The van der Waals surface area contributed by atoms with Gasteiger partial charge in [0.1, 0.15) is 11.5 Å². The van der Waals surface area contributed by atoms with E-state index < -0.39 is 11.7 Å². The van der Waals surface area contributed by atoms with E-state index in [4.69, 9.17) is 4.42 Å². The molecule has 1 aromatic heterocycles. The maximum absolute atomic E-state index is 12.8. The van der Waals surface area contributed by atoms with E-state index in [1.807, 2.05) is 14.0 Å². The van der Waals surface area contributed by atoms with Crippen LogP contribution in [-0.4, -0.2) is 13.1 Å². The van der Waals surface area contributed by atoms with Gasteiger partial charge in [-0.25, -0.2) is 0 Å². The fourth-order valence-electron chi connectivity index (χ4n) is 1.93. The van der Waals surface area contributed by atoms with Gasteiger partial charge >= 0.3 is 6.18 Å². The van der Waals surface area contributed by atoms with Gasteiger partial charge in [-0.05, 0) is 44.3 Å². The first-order chi connectivity index (χ1) is 9.81. The minimum Gasteiger partial charge on any atom is -0.461 e. The molecule has 6 heteroatoms. The number of furan rings is 1. The lowest BCUT2D eigenvalue weighted by atomic mass is 10.1. The van der Waals surface area contributed by atoms with E-state index in [2.05, 4.69) is 21.2 Å². The lowest BCUT2D eigenvalue weighted by Crippen LogP contribution is -2.23. The monoisotopic (exact) mass is 361 g/mol. The fraction of sp³-hybridized carbons (Fsp3) is 0.333. The first-order valence-corrected chi connectivity index (χ1v) is 7.23. The molecule has 0 saturated heterocycles. The third kappa shape index (κ3) is 3.89. The molecule has 0 spiro atoms. The van der Waals surface area contributed by atoms with E-state index in [-0.39, 0.29) is 6.04 Å². The molecular formula is C15H15BrF3NO. The summed E-state index contributed by atoms with van der Waals surface area (Å²) in [6.45, 7) is 2.00. The third-order valence-electron chi connectivity index (χ3n) is 3.22. The number of hydrogen-bond acceptors (Lipinski definition) is 2. The first kappa shape index (κ1) is 16.1. The highest BCUT2D eigenvalue weighted by atomic mass is 79.9. The maximum atomic E-state index is 12.8. The van der Waals surface area contributed by atoms with Gasteiger partial charge < -0.3 is 9.73 Å². The van der Waals surface area contributed by atoms with E-state index in [9.17, 15) is 13.2 Å². The van der Waals surface area contributed by atoms with Crippen molar-refractivity contribution in [1.29, 1.82) is 0 Å². The van der Waals surface area contributed by atoms with Gasteiger partial charge in [-0.1, -0.05) is 15.9 Å². The summed E-state index contributed by atoms with van der Waals surface area (Å²) < 4.78 is 44.6. The van der Waals surface area contributed by atoms with Gasteiger partial charge in [0.25, 0.3) is 0 Å². The summed E-state index contributed by atoms with van der Waals surface area (Å²) in [5.74, 6) is 1.16. The van der Waals surface area contributed by atoms with Gasteiger partial charge in [0, 0.05) is 22.5 Å². The van der Waals surface area contributed by atoms with E-state index >= 15 is 0 Å². The molecular weight excluding hydrogens is 347 g/mol. The number of halogens is 4. The Morgan fingerprint density at radius 2 is 1.95 bits per heavy atom. The number of hydrogen-bond donors (Lipinski definition) is 1. The van der Waals surface area contributed by atoms with Crippen LogP contribution in [0.3, 0.4) is 0 Å². The van der Waals surface area contributed by atoms with Crippen molar-refractivity contribution >= 4 is 15.9 Å². The Kier molecular flexibility index (Phi) is 4.78. The minimum absolute atomic E-state index is 0.231. The highest BCUT2D eigenvalue weighted by molar-refractivity contribution is 9.10. The number of likely N-dealkylation sites (N-methyl/N-ethyl adjacent to an activating group) is 1. The van der Waals surface area contributed by atoms with Crippen molar-refractivity contribution < 1.29 is 17.6 Å². The zero-order valence-corrected chi connectivity index (χ0v) is 13.2. The molecule has 0 amide bonds. The molecule has 2 aromatic rings. The Bertz CT molecular complexity index is 622. The van der Waals surface area contributed by atoms with Gasteiger partial charge in [0.2, 0.25) is 0 Å². The zero-order valence-electron chi connectivity index (χ0n) is 11.6. The van der Waals surface area contributed by atoms with Crippen molar-refractivity contribution in [3.63, 3.8) is 0 Å². The van der Waals surface area contributed by atoms with Crippen molar-refractivity contribution in [2.75, 3.05) is 7.05 Å². The second kappa shape index (κ2) is 6.23. The molecule has 1 N–H and O–H groups in total. The minimum atomic E-state index is -4.37. The third-order valence-corrected chi connectivity index (χ3v) is 3.91. The van der Waals surface area contributed by atoms with Crippen LogP contribution in [0.1, 0.15) is 18.2 Å². The normalized spacial score (nSPS) is 13.4. The van der Waals surface area contributed by atoms with Crippen LogP contribution in [0.5, 0.6) is 0 Å². The van der Waals surface area contributed by atoms with E-state index in [1.165, 1.54) is 6.07 Å². The Labute approximate surface area is 129 Å². The molecule has 1 heterocycles. The van der Waals surface area contributed by atoms with Crippen molar-refractivity contribution in [3.05, 3.63) is 46.1 Å². The molecule has 1 unspecified atom stereocenters. The molecule has 21 heavy (non-hydrogen) atoms. The first-order valence-electron chi connectivity index (χ1n) is 6.44. The second-order valence-electron chi connectivity index (χ2n) is 4.85. The Morgan fingerprint density at radius 1 is 1.24 bits per heavy atom. The number of benzene rings is 1. The smallest absolute Gasteiger partial charge is 0.416 e. The van der Waals surface area contributed by atoms with Crippen molar-refractivity contribution in [2.45, 2.75) is 25.6 Å². The van der Waals surface area contributed by atoms with E-state index in [0.717, 1.165) is 17.9 Å². The summed E-state index contributed by atoms with van der Waals surface area (Å²) in [4.78, 5) is 0. The maximum Gasteiger partial charge on any atom is 0.416 e. The summed E-state index contributed by atoms with van der Waals surface area (Å²) in [6.07, 6.45) is -3.70. The molecule has 2 rings (SSSR count). The molecule has 2 nitrogen and oxygen atoms in total. The summed E-state index contributed by atoms with van der Waals surface area (Å²) in [6, 6.07) is 7.23. The van der Waals surface area contributed by atoms with Gasteiger partial charge in [-0.15, -0.1) is 0 Å². The van der Waals surface area contributed by atoms with Gasteiger partial charge in [0.15, 0.2) is 0 Å². The van der Waals surface area contributed by atoms with Crippen LogP contribution in [0.15, 0.2) is 39.2 Å². The van der Waals surface area contributed by atoms with Crippen molar-refractivity contribution in [1.82, 2.24) is 5.32 Å². The lowest BCUT2D eigenvalue weighted by Gasteiger charge is -2.10. The number of nitrogens with one attached hydrogen (secondary N) is 1. The van der Waals surface area contributed by atoms with E-state index in [1.54, 1.807) is 12.1 Å². The molecule has 1 aromatic carbocycles. The highest BCUT2D eigenvalue weighted by Gasteiger charge is 2.31. The molecule has 1 atom stereocenters. The van der Waals surface area contributed by atoms with Crippen molar-refractivity contribution in [2.24, 2.45) is 0 Å². The molecule has 0 radical (unpaired) electrons. The largest absolute Gasteiger partial charge is 0.461 e. The van der Waals surface area contributed by atoms with Crippen LogP contribution < -0.4 is 5.32 Å². The molecule has 0 aliphatic carbocycles. The molecule has 114 valence electrons. The molecule has 0 fully saturated rings. The Hall–Kier alpha value is -1.27. The average molecular weight is 362 g/mol. The van der Waals surface area contributed by atoms with Gasteiger partial charge in [-0.3, -0.25) is 0 Å². The number of alkyl halides is 3. The standard InChI is InChI=1S/C15H15BrF3NO/c1-9(20-2)7-11-4-6-14(21-11)12-8-10(15(17,18)19)3-5-13(12)16/h3-6,8-9,20H,7H2,1-2H3. The topological polar surface area (TPSA) is 25.2 Å². The molecule has 0 saturated carbocycles. The van der Waals surface area contributed by atoms with Crippen LogP contribution >= 0.6 is 15.9 Å². The summed E-state index contributed by atoms with van der Waals surface area (Å²) in [5, 5.41) is 3.08. The number of rotatable bonds is 4. The Morgan fingerprint density at radius 3 is 2.57 bits per heavy atom. The highest BCUT2D eigenvalue weighted by Crippen LogP contribution is 2.36. The quantitative estimate of drug-likeness (QED) is 0.839. The summed E-state index contributed by atoms with van der Waals surface area (Å²) >= 11 is 3.27. The molecule has 0 aliphatic heterocycles. The van der Waals surface area contributed by atoms with Crippen LogP contribution in [0, 0.1) is 0 Å². The summed E-state index contributed by atoms with van der Waals surface area (Å²) in [5.41, 5.74) is -0.296. The van der Waals surface area contributed by atoms with Crippen LogP contribution in [0.2, 0.25) is 0 Å². The SMILES string of the molecule is CNC(C)Cc1ccc(-c2cc(C(F)(F)F)ccc2Br)o1. The fourth-order valence-corrected chi connectivity index (χ4v) is 2.37. The Balaban J connectivity index is 2.33. The van der Waals surface area contributed by atoms with Crippen LogP contribution in [0.4, 0.5) is 13.2 Å². The van der Waals surface area contributed by atoms with Crippen LogP contribution in [-0.2, 0) is 12.6 Å². The van der Waals surface area contributed by atoms with Crippen molar-refractivity contribution in [3.8, 4) is 11.3 Å².